The van der Waals surface area contributed by atoms with Gasteiger partial charge in [0.25, 0.3) is 5.91 Å². The Morgan fingerprint density at radius 3 is 2.44 bits per heavy atom. The third-order valence-corrected chi connectivity index (χ3v) is 2.68. The van der Waals surface area contributed by atoms with Gasteiger partial charge < -0.3 is 10.5 Å². The second-order valence-electron chi connectivity index (χ2n) is 4.07. The zero-order valence-corrected chi connectivity index (χ0v) is 10.1. The summed E-state index contributed by atoms with van der Waals surface area (Å²) in [7, 11) is 0. The molecular weight excluding hydrogens is 228 g/mol. The van der Waals surface area contributed by atoms with Crippen molar-refractivity contribution in [3.05, 3.63) is 42.1 Å². The molecule has 4 heteroatoms. The third-order valence-electron chi connectivity index (χ3n) is 2.68. The Kier molecular flexibility index (Phi) is 4.25. The molecule has 2 heterocycles. The second-order valence-corrected chi connectivity index (χ2v) is 4.07. The molecule has 0 aliphatic carbocycles. The number of pyridine rings is 1. The first-order valence-electron chi connectivity index (χ1n) is 6.01. The average molecular weight is 244 g/mol. The Balaban J connectivity index is 0.000000202. The number of primary amides is 1. The zero-order chi connectivity index (χ0) is 12.8. The predicted octanol–water partition coefficient (Wildman–Crippen LogP) is 2.13. The van der Waals surface area contributed by atoms with E-state index in [-0.39, 0.29) is 0 Å². The molecule has 1 aliphatic heterocycles. The summed E-state index contributed by atoms with van der Waals surface area (Å²) in [4.78, 5) is 14.9. The molecule has 0 unspecified atom stereocenters. The molecule has 0 atom stereocenters. The summed E-state index contributed by atoms with van der Waals surface area (Å²) in [6.45, 7) is 2.00. The van der Waals surface area contributed by atoms with E-state index in [1.807, 2.05) is 30.3 Å². The van der Waals surface area contributed by atoms with Crippen molar-refractivity contribution in [2.24, 2.45) is 5.73 Å². The number of nitrogens with zero attached hydrogens (tertiary/aromatic N) is 1. The van der Waals surface area contributed by atoms with Gasteiger partial charge in [0.2, 0.25) is 0 Å². The van der Waals surface area contributed by atoms with Crippen molar-refractivity contribution in [1.82, 2.24) is 4.98 Å². The van der Waals surface area contributed by atoms with Gasteiger partial charge in [-0.2, -0.15) is 0 Å². The molecule has 1 fully saturated rings. The average Bonchev–Trinajstić information content (AvgIpc) is 2.97. The van der Waals surface area contributed by atoms with Gasteiger partial charge in [0.1, 0.15) is 5.69 Å². The molecule has 1 aliphatic rings. The normalized spacial score (nSPS) is 14.0. The topological polar surface area (TPSA) is 65.2 Å². The van der Waals surface area contributed by atoms with Crippen LogP contribution in [0.25, 0.3) is 10.9 Å². The van der Waals surface area contributed by atoms with Crippen LogP contribution in [-0.4, -0.2) is 24.1 Å². The van der Waals surface area contributed by atoms with Crippen molar-refractivity contribution < 1.29 is 9.53 Å². The maximum Gasteiger partial charge on any atom is 0.267 e. The fourth-order valence-electron chi connectivity index (χ4n) is 1.71. The lowest BCUT2D eigenvalue weighted by atomic mass is 10.2. The molecule has 18 heavy (non-hydrogen) atoms. The van der Waals surface area contributed by atoms with Crippen LogP contribution >= 0.6 is 0 Å². The minimum atomic E-state index is -0.495. The lowest BCUT2D eigenvalue weighted by molar-refractivity contribution is 0.0996. The molecule has 1 amide bonds. The van der Waals surface area contributed by atoms with Gasteiger partial charge in [-0.25, -0.2) is 4.98 Å². The second kappa shape index (κ2) is 6.12. The highest BCUT2D eigenvalue weighted by Crippen LogP contribution is 2.11. The van der Waals surface area contributed by atoms with E-state index in [0.29, 0.717) is 5.69 Å². The Morgan fingerprint density at radius 1 is 1.11 bits per heavy atom. The van der Waals surface area contributed by atoms with Crippen LogP contribution in [0.1, 0.15) is 23.3 Å². The molecule has 0 spiro atoms. The molecule has 0 radical (unpaired) electrons. The number of aromatic nitrogens is 1. The number of rotatable bonds is 1. The Labute approximate surface area is 106 Å². The van der Waals surface area contributed by atoms with E-state index < -0.39 is 5.91 Å². The van der Waals surface area contributed by atoms with Crippen molar-refractivity contribution in [2.45, 2.75) is 12.8 Å². The van der Waals surface area contributed by atoms with Crippen LogP contribution < -0.4 is 5.73 Å². The summed E-state index contributed by atoms with van der Waals surface area (Å²) in [6, 6.07) is 11.1. The van der Waals surface area contributed by atoms with E-state index in [1.165, 1.54) is 12.8 Å². The number of benzene rings is 1. The molecule has 1 aromatic heterocycles. The van der Waals surface area contributed by atoms with E-state index >= 15 is 0 Å². The van der Waals surface area contributed by atoms with Gasteiger partial charge >= 0.3 is 0 Å². The first-order valence-corrected chi connectivity index (χ1v) is 6.01. The monoisotopic (exact) mass is 244 g/mol. The molecule has 2 N–H and O–H groups in total. The number of fused-ring (bicyclic) bond motifs is 1. The number of amides is 1. The van der Waals surface area contributed by atoms with Crippen LogP contribution in [-0.2, 0) is 4.74 Å². The van der Waals surface area contributed by atoms with Gasteiger partial charge in [0.15, 0.2) is 0 Å². The van der Waals surface area contributed by atoms with Crippen LogP contribution in [0.3, 0.4) is 0 Å². The maximum absolute atomic E-state index is 10.8. The number of carbonyl (C=O) groups is 1. The molecule has 3 rings (SSSR count). The van der Waals surface area contributed by atoms with Crippen molar-refractivity contribution in [3.63, 3.8) is 0 Å². The van der Waals surface area contributed by atoms with Crippen molar-refractivity contribution in [2.75, 3.05) is 13.2 Å². The lowest BCUT2D eigenvalue weighted by Gasteiger charge is -1.97. The van der Waals surface area contributed by atoms with E-state index in [2.05, 4.69) is 4.98 Å². The largest absolute Gasteiger partial charge is 0.381 e. The summed E-state index contributed by atoms with van der Waals surface area (Å²) >= 11 is 0. The number of ether oxygens (including phenoxy) is 1. The van der Waals surface area contributed by atoms with Gasteiger partial charge in [0, 0.05) is 18.6 Å². The smallest absolute Gasteiger partial charge is 0.267 e. The zero-order valence-electron chi connectivity index (χ0n) is 10.1. The van der Waals surface area contributed by atoms with Gasteiger partial charge in [-0.1, -0.05) is 24.3 Å². The molecular formula is C14H16N2O2. The van der Waals surface area contributed by atoms with Gasteiger partial charge in [-0.3, -0.25) is 4.79 Å². The first-order chi connectivity index (χ1) is 8.77. The quantitative estimate of drug-likeness (QED) is 0.835. The number of hydrogen-bond donors (Lipinski definition) is 1. The predicted molar refractivity (Wildman–Crippen MR) is 70.3 cm³/mol. The summed E-state index contributed by atoms with van der Waals surface area (Å²) in [6.07, 6.45) is 2.56. The highest BCUT2D eigenvalue weighted by molar-refractivity contribution is 5.93. The maximum atomic E-state index is 10.8. The van der Waals surface area contributed by atoms with Crippen LogP contribution in [0.15, 0.2) is 36.4 Å². The number of nitrogens with two attached hydrogens (primary N) is 1. The van der Waals surface area contributed by atoms with Gasteiger partial charge in [-0.15, -0.1) is 0 Å². The van der Waals surface area contributed by atoms with E-state index in [4.69, 9.17) is 10.5 Å². The summed E-state index contributed by atoms with van der Waals surface area (Å²) in [5, 5.41) is 1.01. The van der Waals surface area contributed by atoms with E-state index in [9.17, 15) is 4.79 Å². The van der Waals surface area contributed by atoms with E-state index in [1.54, 1.807) is 6.07 Å². The standard InChI is InChI=1S/C10H8N2O.C4H8O/c11-10(13)9-6-5-7-3-1-2-4-8(7)12-9;1-2-4-5-3-1/h1-6H,(H2,11,13);1-4H2. The fourth-order valence-corrected chi connectivity index (χ4v) is 1.71. The molecule has 0 bridgehead atoms. The lowest BCUT2D eigenvalue weighted by Crippen LogP contribution is -2.12. The molecule has 1 aromatic carbocycles. The number of para-hydroxylation sites is 1. The first kappa shape index (κ1) is 12.5. The summed E-state index contributed by atoms with van der Waals surface area (Å²) < 4.78 is 4.94. The molecule has 94 valence electrons. The fraction of sp³-hybridized carbons (Fsp3) is 0.286. The van der Waals surface area contributed by atoms with Crippen molar-refractivity contribution in [1.29, 1.82) is 0 Å². The van der Waals surface area contributed by atoms with Crippen molar-refractivity contribution >= 4 is 16.8 Å². The minimum absolute atomic E-state index is 0.304. The van der Waals surface area contributed by atoms with E-state index in [0.717, 1.165) is 24.1 Å². The van der Waals surface area contributed by atoms with Crippen molar-refractivity contribution in [3.8, 4) is 0 Å². The SMILES string of the molecule is C1CCOC1.NC(=O)c1ccc2ccccc2n1. The van der Waals surface area contributed by atoms with Crippen LogP contribution in [0.4, 0.5) is 0 Å². The molecule has 0 saturated carbocycles. The van der Waals surface area contributed by atoms with Crippen LogP contribution in [0, 0.1) is 0 Å². The Morgan fingerprint density at radius 2 is 1.83 bits per heavy atom. The number of carbonyl (C=O) groups excluding carboxylic acids is 1. The highest BCUT2D eigenvalue weighted by atomic mass is 16.5. The Hall–Kier alpha value is -1.94. The van der Waals surface area contributed by atoms with Gasteiger partial charge in [-0.05, 0) is 25.0 Å². The number of hydrogen-bond acceptors (Lipinski definition) is 3. The summed E-state index contributed by atoms with van der Waals surface area (Å²) in [5.41, 5.74) is 6.20. The molecule has 1 saturated heterocycles. The molecule has 2 aromatic rings. The highest BCUT2D eigenvalue weighted by Gasteiger charge is 2.01. The van der Waals surface area contributed by atoms with Gasteiger partial charge in [0.05, 0.1) is 5.52 Å². The molecule has 4 nitrogen and oxygen atoms in total. The van der Waals surface area contributed by atoms with Crippen LogP contribution in [0.5, 0.6) is 0 Å². The third kappa shape index (κ3) is 3.28. The summed E-state index contributed by atoms with van der Waals surface area (Å²) in [5.74, 6) is -0.495. The van der Waals surface area contributed by atoms with Crippen LogP contribution in [0.2, 0.25) is 0 Å². The minimum Gasteiger partial charge on any atom is -0.381 e. The Bertz CT molecular complexity index is 528.